The van der Waals surface area contributed by atoms with Gasteiger partial charge in [-0.2, -0.15) is 13.2 Å². The molecule has 0 unspecified atom stereocenters. The van der Waals surface area contributed by atoms with Crippen molar-refractivity contribution in [2.45, 2.75) is 13.1 Å². The maximum Gasteiger partial charge on any atom is 0.416 e. The predicted octanol–water partition coefficient (Wildman–Crippen LogP) is 4.87. The van der Waals surface area contributed by atoms with Crippen LogP contribution in [0, 0.1) is 6.92 Å². The Hall–Kier alpha value is -2.41. The summed E-state index contributed by atoms with van der Waals surface area (Å²) in [4.78, 5) is 11.7. The molecular formula is C17H16ClF3N2O2. The number of halogens is 4. The molecule has 0 heterocycles. The van der Waals surface area contributed by atoms with Crippen molar-refractivity contribution in [3.8, 4) is 5.75 Å². The lowest BCUT2D eigenvalue weighted by atomic mass is 10.2. The van der Waals surface area contributed by atoms with E-state index in [1.165, 1.54) is 12.1 Å². The number of urea groups is 1. The maximum atomic E-state index is 12.5. The summed E-state index contributed by atoms with van der Waals surface area (Å²) in [5.74, 6) is 0.520. The van der Waals surface area contributed by atoms with Gasteiger partial charge in [0.2, 0.25) is 0 Å². The summed E-state index contributed by atoms with van der Waals surface area (Å²) in [6.45, 7) is 2.30. The zero-order chi connectivity index (χ0) is 18.4. The van der Waals surface area contributed by atoms with Crippen molar-refractivity contribution in [1.29, 1.82) is 0 Å². The number of hydrogen-bond donors (Lipinski definition) is 2. The minimum Gasteiger partial charge on any atom is -0.490 e. The molecule has 0 aliphatic rings. The van der Waals surface area contributed by atoms with Crippen molar-refractivity contribution >= 4 is 23.3 Å². The number of aryl methyl sites for hydroxylation is 1. The molecule has 4 nitrogen and oxygen atoms in total. The number of nitrogens with one attached hydrogen (secondary N) is 2. The van der Waals surface area contributed by atoms with E-state index in [4.69, 9.17) is 16.3 Å². The van der Waals surface area contributed by atoms with Gasteiger partial charge in [0.25, 0.3) is 0 Å². The number of ether oxygens (including phenoxy) is 1. The molecule has 2 aromatic rings. The second-order valence-corrected chi connectivity index (χ2v) is 5.65. The van der Waals surface area contributed by atoms with Crippen LogP contribution in [0.1, 0.15) is 11.1 Å². The van der Waals surface area contributed by atoms with Crippen molar-refractivity contribution in [2.24, 2.45) is 0 Å². The molecule has 2 N–H and O–H groups in total. The fourth-order valence-electron chi connectivity index (χ4n) is 1.96. The molecule has 2 aromatic carbocycles. The van der Waals surface area contributed by atoms with Crippen LogP contribution in [0.2, 0.25) is 5.02 Å². The first-order chi connectivity index (χ1) is 11.8. The number of anilines is 1. The lowest BCUT2D eigenvalue weighted by Gasteiger charge is -2.11. The van der Waals surface area contributed by atoms with Crippen LogP contribution in [0.25, 0.3) is 0 Å². The fraction of sp³-hybridized carbons (Fsp3) is 0.235. The van der Waals surface area contributed by atoms with Crippen LogP contribution < -0.4 is 15.4 Å². The van der Waals surface area contributed by atoms with Crippen molar-refractivity contribution < 1.29 is 22.7 Å². The van der Waals surface area contributed by atoms with Crippen LogP contribution in [0.5, 0.6) is 5.75 Å². The first-order valence-electron chi connectivity index (χ1n) is 7.37. The average Bonchev–Trinajstić information content (AvgIpc) is 2.54. The van der Waals surface area contributed by atoms with E-state index in [9.17, 15) is 18.0 Å². The minimum atomic E-state index is -4.41. The normalized spacial score (nSPS) is 11.1. The van der Waals surface area contributed by atoms with Crippen molar-refractivity contribution in [2.75, 3.05) is 18.5 Å². The van der Waals surface area contributed by atoms with Crippen LogP contribution >= 0.6 is 11.6 Å². The van der Waals surface area contributed by atoms with Gasteiger partial charge >= 0.3 is 12.2 Å². The highest BCUT2D eigenvalue weighted by Gasteiger charge is 2.29. The first kappa shape index (κ1) is 18.9. The van der Waals surface area contributed by atoms with E-state index in [0.717, 1.165) is 17.7 Å². The summed E-state index contributed by atoms with van der Waals surface area (Å²) < 4.78 is 42.8. The van der Waals surface area contributed by atoms with Gasteiger partial charge < -0.3 is 15.4 Å². The molecule has 0 aliphatic heterocycles. The molecule has 0 fully saturated rings. The van der Waals surface area contributed by atoms with Gasteiger partial charge in [-0.15, -0.1) is 0 Å². The highest BCUT2D eigenvalue weighted by Crippen LogP contribution is 2.29. The van der Waals surface area contributed by atoms with Gasteiger partial charge in [-0.05, 0) is 48.9 Å². The largest absolute Gasteiger partial charge is 0.490 e. The molecule has 0 radical (unpaired) electrons. The maximum absolute atomic E-state index is 12.5. The highest BCUT2D eigenvalue weighted by atomic mass is 35.5. The second-order valence-electron chi connectivity index (χ2n) is 5.24. The van der Waals surface area contributed by atoms with Crippen LogP contribution in [0.4, 0.5) is 23.7 Å². The minimum absolute atomic E-state index is 0.198. The summed E-state index contributed by atoms with van der Waals surface area (Å²) in [7, 11) is 0. The molecule has 0 saturated carbocycles. The van der Waals surface area contributed by atoms with E-state index in [-0.39, 0.29) is 18.8 Å². The third-order valence-electron chi connectivity index (χ3n) is 3.20. The van der Waals surface area contributed by atoms with Crippen LogP contribution in [-0.4, -0.2) is 19.2 Å². The Morgan fingerprint density at radius 2 is 1.84 bits per heavy atom. The summed E-state index contributed by atoms with van der Waals surface area (Å²) >= 11 is 5.99. The SMILES string of the molecule is Cc1ccc(Cl)c(OCCNC(=O)Nc2ccc(C(F)(F)F)cc2)c1. The second kappa shape index (κ2) is 8.11. The molecule has 2 rings (SSSR count). The van der Waals surface area contributed by atoms with Crippen molar-refractivity contribution in [3.05, 3.63) is 58.6 Å². The number of hydrogen-bond acceptors (Lipinski definition) is 2. The van der Waals surface area contributed by atoms with Crippen LogP contribution in [0.15, 0.2) is 42.5 Å². The van der Waals surface area contributed by atoms with E-state index >= 15 is 0 Å². The highest BCUT2D eigenvalue weighted by molar-refractivity contribution is 6.32. The standard InChI is InChI=1S/C17H16ClF3N2O2/c1-11-2-7-14(18)15(10-11)25-9-8-22-16(24)23-13-5-3-12(4-6-13)17(19,20)21/h2-7,10H,8-9H2,1H3,(H2,22,23,24). The Kier molecular flexibility index (Phi) is 6.14. The van der Waals surface area contributed by atoms with Crippen LogP contribution in [-0.2, 0) is 6.18 Å². The molecule has 0 spiro atoms. The van der Waals surface area contributed by atoms with E-state index in [0.29, 0.717) is 10.8 Å². The molecule has 0 saturated heterocycles. The molecule has 0 bridgehead atoms. The van der Waals surface area contributed by atoms with Gasteiger partial charge in [0.15, 0.2) is 0 Å². The number of carbonyl (C=O) groups excluding carboxylic acids is 1. The average molecular weight is 373 g/mol. The molecule has 134 valence electrons. The van der Waals surface area contributed by atoms with E-state index in [1.54, 1.807) is 12.1 Å². The van der Waals surface area contributed by atoms with Crippen molar-refractivity contribution in [1.82, 2.24) is 5.32 Å². The summed E-state index contributed by atoms with van der Waals surface area (Å²) in [5, 5.41) is 5.45. The molecule has 8 heteroatoms. The molecule has 25 heavy (non-hydrogen) atoms. The predicted molar refractivity (Wildman–Crippen MR) is 90.1 cm³/mol. The molecule has 2 amide bonds. The lowest BCUT2D eigenvalue weighted by Crippen LogP contribution is -2.32. The molecule has 0 aromatic heterocycles. The zero-order valence-electron chi connectivity index (χ0n) is 13.3. The van der Waals surface area contributed by atoms with Gasteiger partial charge in [0, 0.05) is 5.69 Å². The lowest BCUT2D eigenvalue weighted by molar-refractivity contribution is -0.137. The number of carbonyl (C=O) groups is 1. The van der Waals surface area contributed by atoms with E-state index in [1.807, 2.05) is 13.0 Å². The van der Waals surface area contributed by atoms with Gasteiger partial charge in [-0.25, -0.2) is 4.79 Å². The Morgan fingerprint density at radius 1 is 1.16 bits per heavy atom. The first-order valence-corrected chi connectivity index (χ1v) is 7.74. The smallest absolute Gasteiger partial charge is 0.416 e. The fourth-order valence-corrected chi connectivity index (χ4v) is 2.14. The third-order valence-corrected chi connectivity index (χ3v) is 3.51. The number of rotatable bonds is 5. The quantitative estimate of drug-likeness (QED) is 0.736. The third kappa shape index (κ3) is 5.86. The Labute approximate surface area is 147 Å². The Bertz CT molecular complexity index is 734. The Balaban J connectivity index is 1.76. The molecule has 0 aliphatic carbocycles. The van der Waals surface area contributed by atoms with E-state index < -0.39 is 17.8 Å². The number of amides is 2. The van der Waals surface area contributed by atoms with Gasteiger partial charge in [0.1, 0.15) is 12.4 Å². The van der Waals surface area contributed by atoms with Crippen LogP contribution in [0.3, 0.4) is 0 Å². The molecular weight excluding hydrogens is 357 g/mol. The van der Waals surface area contributed by atoms with Gasteiger partial charge in [0.05, 0.1) is 17.1 Å². The van der Waals surface area contributed by atoms with Gasteiger partial charge in [-0.3, -0.25) is 0 Å². The zero-order valence-corrected chi connectivity index (χ0v) is 14.0. The van der Waals surface area contributed by atoms with Crippen molar-refractivity contribution in [3.63, 3.8) is 0 Å². The molecule has 0 atom stereocenters. The van der Waals surface area contributed by atoms with Gasteiger partial charge in [-0.1, -0.05) is 17.7 Å². The monoisotopic (exact) mass is 372 g/mol. The van der Waals surface area contributed by atoms with E-state index in [2.05, 4.69) is 10.6 Å². The number of benzene rings is 2. The Morgan fingerprint density at radius 3 is 2.48 bits per heavy atom. The topological polar surface area (TPSA) is 50.4 Å². The number of alkyl halides is 3. The summed E-state index contributed by atoms with van der Waals surface area (Å²) in [5.41, 5.74) is 0.474. The summed E-state index contributed by atoms with van der Waals surface area (Å²) in [6.07, 6.45) is -4.41. The summed E-state index contributed by atoms with van der Waals surface area (Å²) in [6, 6.07) is 8.99.